The number of aromatic amines is 2. The number of H-pyrrole nitrogens is 2. The minimum absolute atomic E-state index is 0.986. The van der Waals surface area contributed by atoms with E-state index in [0.29, 0.717) is 0 Å². The third kappa shape index (κ3) is 3.80. The molecule has 1 aliphatic carbocycles. The second kappa shape index (κ2) is 9.41. The van der Waals surface area contributed by atoms with E-state index in [9.17, 15) is 0 Å². The first-order chi connectivity index (χ1) is 18.3. The standard InChI is InChI=1S/C34H40N4/c1-8-23-20(5)28-15-27-18(3)19(4)33(37-27)26-14-12-10-11-13-25-22(7)30(38-34(25)26)16-29-21(6)24(9-2)32(36-29)17-31(23)35-28/h15-17,35-36H,8-14H2,1-7H3. The van der Waals surface area contributed by atoms with Crippen LogP contribution in [0.5, 0.6) is 0 Å². The minimum Gasteiger partial charge on any atom is -0.355 e. The Morgan fingerprint density at radius 3 is 1.76 bits per heavy atom. The van der Waals surface area contributed by atoms with Crippen LogP contribution in [0, 0.1) is 13.8 Å². The molecule has 0 fully saturated rings. The summed E-state index contributed by atoms with van der Waals surface area (Å²) < 4.78 is 0. The van der Waals surface area contributed by atoms with Crippen molar-refractivity contribution in [2.45, 2.75) is 93.4 Å². The van der Waals surface area contributed by atoms with Crippen LogP contribution in [0.15, 0.2) is 18.2 Å². The van der Waals surface area contributed by atoms with E-state index in [4.69, 9.17) is 9.97 Å². The summed E-state index contributed by atoms with van der Waals surface area (Å²) in [5.41, 5.74) is 21.2. The van der Waals surface area contributed by atoms with Gasteiger partial charge in [0.2, 0.25) is 0 Å². The number of fused-ring (bicyclic) bond motifs is 8. The van der Waals surface area contributed by atoms with Crippen molar-refractivity contribution in [1.29, 1.82) is 0 Å². The Bertz CT molecular complexity index is 1700. The van der Waals surface area contributed by atoms with Gasteiger partial charge in [-0.2, -0.15) is 0 Å². The van der Waals surface area contributed by atoms with Gasteiger partial charge in [0.1, 0.15) is 0 Å². The van der Waals surface area contributed by atoms with Crippen molar-refractivity contribution in [2.24, 2.45) is 0 Å². The van der Waals surface area contributed by atoms with Crippen LogP contribution in [0.25, 0.3) is 44.4 Å². The SMILES string of the molecule is CCc1c(C)c2cc3nc(c4c5nc(cc6[nH]c(cc1[nH]2)c(CC)c6C)C(C)=C5CCCCC4)C(C)=C3C. The molecule has 2 aliphatic heterocycles. The highest BCUT2D eigenvalue weighted by Gasteiger charge is 2.26. The van der Waals surface area contributed by atoms with Gasteiger partial charge in [0.25, 0.3) is 0 Å². The van der Waals surface area contributed by atoms with Crippen LogP contribution in [0.4, 0.5) is 0 Å². The predicted molar refractivity (Wildman–Crippen MR) is 162 cm³/mol. The van der Waals surface area contributed by atoms with Gasteiger partial charge in [0, 0.05) is 27.6 Å². The Morgan fingerprint density at radius 1 is 0.605 bits per heavy atom. The molecule has 3 aromatic heterocycles. The van der Waals surface area contributed by atoms with Crippen LogP contribution < -0.4 is 0 Å². The molecule has 3 aliphatic rings. The molecule has 6 rings (SSSR count). The van der Waals surface area contributed by atoms with Gasteiger partial charge in [-0.1, -0.05) is 20.3 Å². The number of rotatable bonds is 2. The molecule has 38 heavy (non-hydrogen) atoms. The predicted octanol–water partition coefficient (Wildman–Crippen LogP) is 9.05. The normalized spacial score (nSPS) is 15.8. The van der Waals surface area contributed by atoms with Gasteiger partial charge in [-0.3, -0.25) is 0 Å². The minimum atomic E-state index is 0.986. The molecule has 5 heterocycles. The number of aromatic nitrogens is 4. The van der Waals surface area contributed by atoms with Crippen LogP contribution in [-0.2, 0) is 19.3 Å². The van der Waals surface area contributed by atoms with E-state index in [-0.39, 0.29) is 0 Å². The molecular formula is C34H40N4. The molecule has 0 aromatic carbocycles. The van der Waals surface area contributed by atoms with Gasteiger partial charge in [-0.15, -0.1) is 0 Å². The second-order valence-electron chi connectivity index (χ2n) is 11.3. The van der Waals surface area contributed by atoms with E-state index >= 15 is 0 Å². The van der Waals surface area contributed by atoms with Gasteiger partial charge < -0.3 is 9.97 Å². The zero-order chi connectivity index (χ0) is 26.7. The number of hydrogen-bond acceptors (Lipinski definition) is 2. The first-order valence-corrected chi connectivity index (χ1v) is 14.5. The first-order valence-electron chi connectivity index (χ1n) is 14.5. The molecule has 0 saturated carbocycles. The average Bonchev–Trinajstić information content (AvgIpc) is 3.54. The molecule has 8 bridgehead atoms. The summed E-state index contributed by atoms with van der Waals surface area (Å²) in [5.74, 6) is 0. The summed E-state index contributed by atoms with van der Waals surface area (Å²) in [6.45, 7) is 15.7. The molecule has 3 aromatic rings. The number of hydrogen-bond donors (Lipinski definition) is 2. The Kier molecular flexibility index (Phi) is 6.17. The van der Waals surface area contributed by atoms with Crippen LogP contribution >= 0.6 is 0 Å². The highest BCUT2D eigenvalue weighted by molar-refractivity contribution is 5.96. The van der Waals surface area contributed by atoms with Gasteiger partial charge in [-0.05, 0) is 136 Å². The molecule has 0 radical (unpaired) electrons. The Hall–Kier alpha value is -3.40. The molecule has 0 saturated heterocycles. The van der Waals surface area contributed by atoms with Crippen molar-refractivity contribution in [3.05, 3.63) is 68.8 Å². The van der Waals surface area contributed by atoms with E-state index < -0.39 is 0 Å². The van der Waals surface area contributed by atoms with Crippen molar-refractivity contribution in [1.82, 2.24) is 19.9 Å². The third-order valence-electron chi connectivity index (χ3n) is 9.27. The van der Waals surface area contributed by atoms with Gasteiger partial charge in [0.05, 0.1) is 22.8 Å². The lowest BCUT2D eigenvalue weighted by atomic mass is 9.90. The quantitative estimate of drug-likeness (QED) is 0.366. The lowest BCUT2D eigenvalue weighted by Crippen LogP contribution is -2.02. The van der Waals surface area contributed by atoms with E-state index in [2.05, 4.69) is 76.6 Å². The van der Waals surface area contributed by atoms with E-state index in [0.717, 1.165) is 48.3 Å². The molecule has 4 nitrogen and oxygen atoms in total. The van der Waals surface area contributed by atoms with Crippen molar-refractivity contribution >= 4 is 44.4 Å². The van der Waals surface area contributed by atoms with Gasteiger partial charge in [0.15, 0.2) is 0 Å². The fourth-order valence-electron chi connectivity index (χ4n) is 6.74. The Labute approximate surface area is 226 Å². The fourth-order valence-corrected chi connectivity index (χ4v) is 6.74. The smallest absolute Gasteiger partial charge is 0.0726 e. The maximum Gasteiger partial charge on any atom is 0.0726 e. The van der Waals surface area contributed by atoms with Gasteiger partial charge >= 0.3 is 0 Å². The highest BCUT2D eigenvalue weighted by atomic mass is 14.8. The molecule has 0 unspecified atom stereocenters. The lowest BCUT2D eigenvalue weighted by Gasteiger charge is -2.14. The van der Waals surface area contributed by atoms with Crippen LogP contribution in [0.2, 0.25) is 0 Å². The Morgan fingerprint density at radius 2 is 1.16 bits per heavy atom. The average molecular weight is 505 g/mol. The number of nitrogens with zero attached hydrogens (tertiary/aromatic N) is 2. The first kappa shape index (κ1) is 24.9. The second-order valence-corrected chi connectivity index (χ2v) is 11.3. The van der Waals surface area contributed by atoms with Crippen molar-refractivity contribution in [3.63, 3.8) is 0 Å². The summed E-state index contributed by atoms with van der Waals surface area (Å²) in [7, 11) is 0. The third-order valence-corrected chi connectivity index (χ3v) is 9.27. The topological polar surface area (TPSA) is 57.4 Å². The summed E-state index contributed by atoms with van der Waals surface area (Å²) in [6.07, 6.45) is 7.78. The van der Waals surface area contributed by atoms with Crippen molar-refractivity contribution < 1.29 is 0 Å². The van der Waals surface area contributed by atoms with Crippen LogP contribution in [0.3, 0.4) is 0 Å². The monoisotopic (exact) mass is 504 g/mol. The molecular weight excluding hydrogens is 464 g/mol. The summed E-state index contributed by atoms with van der Waals surface area (Å²) in [4.78, 5) is 18.2. The zero-order valence-electron chi connectivity index (χ0n) is 24.1. The maximum absolute atomic E-state index is 5.35. The number of nitrogens with one attached hydrogen (secondary N) is 2. The fraction of sp³-hybridized carbons (Fsp3) is 0.412. The van der Waals surface area contributed by atoms with E-state index in [1.165, 1.54) is 91.6 Å². The zero-order valence-corrected chi connectivity index (χ0v) is 24.1. The summed E-state index contributed by atoms with van der Waals surface area (Å²) in [5, 5.41) is 0. The summed E-state index contributed by atoms with van der Waals surface area (Å²) >= 11 is 0. The molecule has 0 atom stereocenters. The number of allylic oxidation sites excluding steroid dienone is 4. The van der Waals surface area contributed by atoms with E-state index in [1.54, 1.807) is 0 Å². The largest absolute Gasteiger partial charge is 0.355 e. The Balaban J connectivity index is 1.83. The highest BCUT2D eigenvalue weighted by Crippen LogP contribution is 2.41. The maximum atomic E-state index is 5.35. The van der Waals surface area contributed by atoms with Crippen molar-refractivity contribution in [2.75, 3.05) is 0 Å². The van der Waals surface area contributed by atoms with E-state index in [1.807, 2.05) is 0 Å². The molecule has 0 amide bonds. The summed E-state index contributed by atoms with van der Waals surface area (Å²) in [6, 6.07) is 6.87. The molecule has 2 N–H and O–H groups in total. The number of aryl methyl sites for hydroxylation is 4. The molecule has 196 valence electrons. The molecule has 0 spiro atoms. The van der Waals surface area contributed by atoms with Gasteiger partial charge in [-0.25, -0.2) is 9.97 Å². The van der Waals surface area contributed by atoms with Crippen LogP contribution in [-0.4, -0.2) is 19.9 Å². The van der Waals surface area contributed by atoms with Crippen molar-refractivity contribution in [3.8, 4) is 0 Å². The van der Waals surface area contributed by atoms with Crippen LogP contribution in [0.1, 0.15) is 111 Å². The molecule has 4 heteroatoms. The lowest BCUT2D eigenvalue weighted by molar-refractivity contribution is 0.677.